The molecule has 1 aliphatic heterocycles. The number of aliphatic hydroxyl groups excluding tert-OH is 2. The van der Waals surface area contributed by atoms with E-state index in [9.17, 15) is 10.2 Å². The summed E-state index contributed by atoms with van der Waals surface area (Å²) < 4.78 is 10.5. The van der Waals surface area contributed by atoms with Gasteiger partial charge in [-0.1, -0.05) is 0 Å². The van der Waals surface area contributed by atoms with Crippen molar-refractivity contribution in [2.75, 3.05) is 26.2 Å². The number of β-amino-alcohol motifs (C(OH)–C–C–N with tert-alkyl or cyclic N) is 1. The summed E-state index contributed by atoms with van der Waals surface area (Å²) in [6.07, 6.45) is 2.53. The summed E-state index contributed by atoms with van der Waals surface area (Å²) in [4.78, 5) is 2.16. The second-order valence-corrected chi connectivity index (χ2v) is 4.78. The number of hydrogen-bond donors (Lipinski definition) is 2. The van der Waals surface area contributed by atoms with Crippen LogP contribution in [-0.2, 0) is 11.3 Å². The number of hydrogen-bond acceptors (Lipinski definition) is 5. The highest BCUT2D eigenvalue weighted by molar-refractivity contribution is 4.96. The molecule has 2 heterocycles. The maximum Gasteiger partial charge on any atom is 0.129 e. The molecule has 1 fully saturated rings. The van der Waals surface area contributed by atoms with Gasteiger partial charge in [-0.05, 0) is 25.0 Å². The molecule has 1 aliphatic rings. The van der Waals surface area contributed by atoms with Crippen LogP contribution in [0.25, 0.3) is 0 Å². The van der Waals surface area contributed by atoms with Crippen LogP contribution < -0.4 is 0 Å². The van der Waals surface area contributed by atoms with Crippen LogP contribution in [-0.4, -0.2) is 53.6 Å². The first-order valence-electron chi connectivity index (χ1n) is 6.42. The van der Waals surface area contributed by atoms with Crippen molar-refractivity contribution in [1.82, 2.24) is 4.90 Å². The van der Waals surface area contributed by atoms with Crippen LogP contribution in [0, 0.1) is 0 Å². The van der Waals surface area contributed by atoms with E-state index in [-0.39, 0.29) is 6.10 Å². The Hall–Kier alpha value is -0.880. The van der Waals surface area contributed by atoms with Gasteiger partial charge in [-0.25, -0.2) is 0 Å². The van der Waals surface area contributed by atoms with E-state index in [0.29, 0.717) is 19.8 Å². The minimum Gasteiger partial charge on any atom is -0.467 e. The molecule has 2 rings (SSSR count). The first kappa shape index (κ1) is 13.5. The summed E-state index contributed by atoms with van der Waals surface area (Å²) >= 11 is 0. The van der Waals surface area contributed by atoms with Crippen molar-refractivity contribution in [3.8, 4) is 0 Å². The van der Waals surface area contributed by atoms with E-state index in [1.807, 2.05) is 12.1 Å². The quantitative estimate of drug-likeness (QED) is 0.780. The Balaban J connectivity index is 1.58. The molecule has 0 aliphatic carbocycles. The molecule has 0 aromatic carbocycles. The minimum absolute atomic E-state index is 0.173. The third kappa shape index (κ3) is 4.42. The predicted molar refractivity (Wildman–Crippen MR) is 66.1 cm³/mol. The van der Waals surface area contributed by atoms with Crippen molar-refractivity contribution < 1.29 is 19.4 Å². The largest absolute Gasteiger partial charge is 0.467 e. The zero-order chi connectivity index (χ0) is 12.8. The van der Waals surface area contributed by atoms with Crippen molar-refractivity contribution in [3.05, 3.63) is 24.2 Å². The SMILES string of the molecule is OC1CCN(CC(O)COCc2ccco2)CC1. The Bertz CT molecular complexity index is 320. The average molecular weight is 255 g/mol. The lowest BCUT2D eigenvalue weighted by atomic mass is 10.1. The van der Waals surface area contributed by atoms with Crippen molar-refractivity contribution in [2.45, 2.75) is 31.7 Å². The molecule has 1 saturated heterocycles. The van der Waals surface area contributed by atoms with Crippen molar-refractivity contribution in [1.29, 1.82) is 0 Å². The third-order valence-electron chi connectivity index (χ3n) is 3.16. The van der Waals surface area contributed by atoms with Gasteiger partial charge in [0.25, 0.3) is 0 Å². The van der Waals surface area contributed by atoms with Crippen LogP contribution in [0.2, 0.25) is 0 Å². The summed E-state index contributed by atoms with van der Waals surface area (Å²) in [7, 11) is 0. The fourth-order valence-electron chi connectivity index (χ4n) is 2.14. The van der Waals surface area contributed by atoms with Crippen LogP contribution in [0.3, 0.4) is 0 Å². The molecule has 102 valence electrons. The smallest absolute Gasteiger partial charge is 0.129 e. The van der Waals surface area contributed by atoms with Crippen LogP contribution in [0.1, 0.15) is 18.6 Å². The van der Waals surface area contributed by atoms with E-state index in [1.54, 1.807) is 6.26 Å². The maximum atomic E-state index is 9.84. The van der Waals surface area contributed by atoms with E-state index in [2.05, 4.69) is 4.90 Å². The standard InChI is InChI=1S/C13H21NO4/c15-11-3-5-14(6-4-11)8-12(16)9-17-10-13-2-1-7-18-13/h1-2,7,11-12,15-16H,3-6,8-10H2. The van der Waals surface area contributed by atoms with Crippen LogP contribution in [0.15, 0.2) is 22.8 Å². The maximum absolute atomic E-state index is 9.84. The molecule has 1 aromatic heterocycles. The number of nitrogens with zero attached hydrogens (tertiary/aromatic N) is 1. The Morgan fingerprint density at radius 3 is 2.89 bits per heavy atom. The van der Waals surface area contributed by atoms with Gasteiger partial charge in [-0.15, -0.1) is 0 Å². The highest BCUT2D eigenvalue weighted by atomic mass is 16.5. The molecule has 18 heavy (non-hydrogen) atoms. The second kappa shape index (κ2) is 6.89. The zero-order valence-electron chi connectivity index (χ0n) is 10.5. The Kier molecular flexibility index (Phi) is 5.19. The Morgan fingerprint density at radius 1 is 1.44 bits per heavy atom. The van der Waals surface area contributed by atoms with Gasteiger partial charge in [0.1, 0.15) is 12.4 Å². The molecule has 1 atom stereocenters. The molecule has 5 nitrogen and oxygen atoms in total. The monoisotopic (exact) mass is 255 g/mol. The molecule has 1 unspecified atom stereocenters. The van der Waals surface area contributed by atoms with Crippen LogP contribution in [0.4, 0.5) is 0 Å². The molecular weight excluding hydrogens is 234 g/mol. The molecule has 5 heteroatoms. The summed E-state index contributed by atoms with van der Waals surface area (Å²) in [5.74, 6) is 0.767. The lowest BCUT2D eigenvalue weighted by Crippen LogP contribution is -2.41. The lowest BCUT2D eigenvalue weighted by Gasteiger charge is -2.30. The molecule has 0 radical (unpaired) electrons. The number of aliphatic hydroxyl groups is 2. The van der Waals surface area contributed by atoms with Crippen molar-refractivity contribution in [3.63, 3.8) is 0 Å². The fourth-order valence-corrected chi connectivity index (χ4v) is 2.14. The second-order valence-electron chi connectivity index (χ2n) is 4.78. The molecule has 0 bridgehead atoms. The normalized spacial score (nSPS) is 20.1. The number of furan rings is 1. The highest BCUT2D eigenvalue weighted by Crippen LogP contribution is 2.10. The summed E-state index contributed by atoms with van der Waals surface area (Å²) in [5.41, 5.74) is 0. The average Bonchev–Trinajstić information content (AvgIpc) is 2.85. The van der Waals surface area contributed by atoms with E-state index in [4.69, 9.17) is 9.15 Å². The van der Waals surface area contributed by atoms with Gasteiger partial charge >= 0.3 is 0 Å². The van der Waals surface area contributed by atoms with Gasteiger partial charge in [0.15, 0.2) is 0 Å². The van der Waals surface area contributed by atoms with Crippen LogP contribution >= 0.6 is 0 Å². The molecule has 0 spiro atoms. The van der Waals surface area contributed by atoms with E-state index in [0.717, 1.165) is 31.7 Å². The lowest BCUT2D eigenvalue weighted by molar-refractivity contribution is -0.00601. The van der Waals surface area contributed by atoms with E-state index < -0.39 is 6.10 Å². The van der Waals surface area contributed by atoms with Crippen molar-refractivity contribution in [2.24, 2.45) is 0 Å². The number of piperidine rings is 1. The van der Waals surface area contributed by atoms with Gasteiger partial charge < -0.3 is 24.3 Å². The Morgan fingerprint density at radius 2 is 2.22 bits per heavy atom. The van der Waals surface area contributed by atoms with Gasteiger partial charge in [-0.3, -0.25) is 0 Å². The van der Waals surface area contributed by atoms with Gasteiger partial charge in [0.05, 0.1) is 25.1 Å². The van der Waals surface area contributed by atoms with Crippen LogP contribution in [0.5, 0.6) is 0 Å². The topological polar surface area (TPSA) is 66.1 Å². The summed E-state index contributed by atoms with van der Waals surface area (Å²) in [6.45, 7) is 2.99. The number of rotatable bonds is 6. The first-order valence-corrected chi connectivity index (χ1v) is 6.42. The zero-order valence-corrected chi connectivity index (χ0v) is 10.5. The van der Waals surface area contributed by atoms with Gasteiger partial charge in [0.2, 0.25) is 0 Å². The van der Waals surface area contributed by atoms with Crippen molar-refractivity contribution >= 4 is 0 Å². The molecule has 2 N–H and O–H groups in total. The van der Waals surface area contributed by atoms with E-state index >= 15 is 0 Å². The molecule has 0 amide bonds. The summed E-state index contributed by atoms with van der Waals surface area (Å²) in [5, 5.41) is 19.2. The van der Waals surface area contributed by atoms with E-state index in [1.165, 1.54) is 0 Å². The first-order chi connectivity index (χ1) is 8.74. The Labute approximate surface area is 107 Å². The fraction of sp³-hybridized carbons (Fsp3) is 0.692. The van der Waals surface area contributed by atoms with Gasteiger partial charge in [-0.2, -0.15) is 0 Å². The third-order valence-corrected chi connectivity index (χ3v) is 3.16. The number of ether oxygens (including phenoxy) is 1. The minimum atomic E-state index is -0.491. The summed E-state index contributed by atoms with van der Waals surface area (Å²) in [6, 6.07) is 3.66. The van der Waals surface area contributed by atoms with Gasteiger partial charge in [0, 0.05) is 19.6 Å². The number of likely N-dealkylation sites (tertiary alicyclic amines) is 1. The molecule has 1 aromatic rings. The molecular formula is C13H21NO4. The predicted octanol–water partition coefficient (Wildman–Crippen LogP) is 0.614. The molecule has 0 saturated carbocycles. The highest BCUT2D eigenvalue weighted by Gasteiger charge is 2.19.